The van der Waals surface area contributed by atoms with Crippen LogP contribution < -0.4 is 4.74 Å². The second kappa shape index (κ2) is 8.94. The molecule has 0 saturated carbocycles. The van der Waals surface area contributed by atoms with Gasteiger partial charge in [-0.2, -0.15) is 0 Å². The molecule has 2 saturated heterocycles. The summed E-state index contributed by atoms with van der Waals surface area (Å²) in [4.78, 5) is 25.3. The molecule has 3 heterocycles. The van der Waals surface area contributed by atoms with Gasteiger partial charge in [-0.15, -0.1) is 6.58 Å². The molecule has 1 amide bonds. The summed E-state index contributed by atoms with van der Waals surface area (Å²) >= 11 is 0. The van der Waals surface area contributed by atoms with E-state index in [-0.39, 0.29) is 12.0 Å². The molecule has 0 spiro atoms. The number of hydrogen-bond donors (Lipinski definition) is 0. The maximum atomic E-state index is 12.5. The number of carbonyl (C=O) groups excluding carboxylic acids is 1. The Bertz CT molecular complexity index is 581. The number of nitrogens with zero attached hydrogens (tertiary/aromatic N) is 4. The Morgan fingerprint density at radius 2 is 1.92 bits per heavy atom. The number of allylic oxidation sites excluding steroid dienone is 1. The first-order valence-electron chi connectivity index (χ1n) is 9.37. The Kier molecular flexibility index (Phi) is 6.39. The van der Waals surface area contributed by atoms with Crippen LogP contribution >= 0.6 is 0 Å². The van der Waals surface area contributed by atoms with Gasteiger partial charge in [-0.3, -0.25) is 14.7 Å². The first-order valence-corrected chi connectivity index (χ1v) is 9.37. The van der Waals surface area contributed by atoms with Crippen molar-refractivity contribution in [1.29, 1.82) is 0 Å². The molecule has 0 radical (unpaired) electrons. The van der Waals surface area contributed by atoms with E-state index in [1.807, 2.05) is 11.0 Å². The van der Waals surface area contributed by atoms with Crippen LogP contribution in [0.4, 0.5) is 0 Å². The molecule has 25 heavy (non-hydrogen) atoms. The summed E-state index contributed by atoms with van der Waals surface area (Å²) in [6, 6.07) is 0. The third-order valence-electron chi connectivity index (χ3n) is 4.87. The topological polar surface area (TPSA) is 58.6 Å². The van der Waals surface area contributed by atoms with Crippen molar-refractivity contribution >= 4 is 5.91 Å². The van der Waals surface area contributed by atoms with Crippen LogP contribution in [0.1, 0.15) is 49.0 Å². The lowest BCUT2D eigenvalue weighted by atomic mass is 10.2. The number of likely N-dealkylation sites (tertiary alicyclic amines) is 2. The van der Waals surface area contributed by atoms with E-state index in [1.54, 1.807) is 6.20 Å². The Morgan fingerprint density at radius 1 is 1.20 bits per heavy atom. The van der Waals surface area contributed by atoms with Crippen LogP contribution in [-0.2, 0) is 0 Å². The molecule has 0 aliphatic carbocycles. The quantitative estimate of drug-likeness (QED) is 0.678. The van der Waals surface area contributed by atoms with Crippen molar-refractivity contribution in [2.45, 2.75) is 44.6 Å². The van der Waals surface area contributed by atoms with E-state index in [4.69, 9.17) is 4.74 Å². The fourth-order valence-electron chi connectivity index (χ4n) is 3.51. The second-order valence-electron chi connectivity index (χ2n) is 6.86. The highest BCUT2D eigenvalue weighted by Gasteiger charge is 2.23. The lowest BCUT2D eigenvalue weighted by Gasteiger charge is -2.24. The monoisotopic (exact) mass is 344 g/mol. The molecule has 0 aromatic carbocycles. The Morgan fingerprint density at radius 3 is 2.64 bits per heavy atom. The molecule has 1 aromatic rings. The summed E-state index contributed by atoms with van der Waals surface area (Å²) in [5.41, 5.74) is 0.378. The van der Waals surface area contributed by atoms with Gasteiger partial charge in [0.25, 0.3) is 5.91 Å². The summed E-state index contributed by atoms with van der Waals surface area (Å²) in [5.74, 6) is 0.399. The Hall–Kier alpha value is -1.95. The molecule has 3 rings (SSSR count). The van der Waals surface area contributed by atoms with Crippen LogP contribution in [0, 0.1) is 0 Å². The molecule has 1 atom stereocenters. The van der Waals surface area contributed by atoms with Crippen LogP contribution in [-0.4, -0.2) is 64.5 Å². The largest absolute Gasteiger partial charge is 0.472 e. The minimum atomic E-state index is -0.0439. The van der Waals surface area contributed by atoms with Gasteiger partial charge >= 0.3 is 0 Å². The molecule has 136 valence electrons. The van der Waals surface area contributed by atoms with E-state index >= 15 is 0 Å². The van der Waals surface area contributed by atoms with E-state index in [2.05, 4.69) is 21.4 Å². The number of hydrogen-bond acceptors (Lipinski definition) is 5. The maximum absolute atomic E-state index is 12.5. The van der Waals surface area contributed by atoms with Gasteiger partial charge in [0.15, 0.2) is 5.69 Å². The van der Waals surface area contributed by atoms with Gasteiger partial charge in [-0.1, -0.05) is 6.08 Å². The van der Waals surface area contributed by atoms with Crippen molar-refractivity contribution in [3.05, 3.63) is 30.7 Å². The molecule has 2 aliphatic rings. The van der Waals surface area contributed by atoms with Gasteiger partial charge in [0.1, 0.15) is 6.10 Å². The zero-order chi connectivity index (χ0) is 17.5. The molecule has 0 bridgehead atoms. The van der Waals surface area contributed by atoms with E-state index in [1.165, 1.54) is 19.0 Å². The molecule has 6 heteroatoms. The van der Waals surface area contributed by atoms with Crippen LogP contribution in [0.3, 0.4) is 0 Å². The third-order valence-corrected chi connectivity index (χ3v) is 4.87. The molecule has 0 N–H and O–H groups in total. The first-order chi connectivity index (χ1) is 12.3. The highest BCUT2D eigenvalue weighted by atomic mass is 16.5. The third kappa shape index (κ3) is 5.01. The van der Waals surface area contributed by atoms with Gasteiger partial charge in [0, 0.05) is 19.6 Å². The molecule has 2 aliphatic heterocycles. The minimum absolute atomic E-state index is 0.0439. The molecule has 6 nitrogen and oxygen atoms in total. The number of carbonyl (C=O) groups is 1. The summed E-state index contributed by atoms with van der Waals surface area (Å²) < 4.78 is 6.10. The molecule has 2 fully saturated rings. The van der Waals surface area contributed by atoms with Crippen molar-refractivity contribution < 1.29 is 9.53 Å². The average Bonchev–Trinajstić information content (AvgIpc) is 3.33. The van der Waals surface area contributed by atoms with E-state index in [0.29, 0.717) is 11.6 Å². The standard InChI is InChI=1S/C19H28N4O2/c1-2-3-8-16(15-22-9-4-5-10-22)25-18-14-20-13-17(21-18)19(24)23-11-6-7-12-23/h2,13-14,16H,1,3-12,15H2/t16-/m1/s1. The summed E-state index contributed by atoms with van der Waals surface area (Å²) in [7, 11) is 0. The van der Waals surface area contributed by atoms with Crippen molar-refractivity contribution in [2.24, 2.45) is 0 Å². The number of ether oxygens (including phenoxy) is 1. The SMILES string of the molecule is C=CCC[C@H](CN1CCCC1)Oc1cncc(C(=O)N2CCCC2)n1. The van der Waals surface area contributed by atoms with Crippen molar-refractivity contribution in [2.75, 3.05) is 32.7 Å². The summed E-state index contributed by atoms with van der Waals surface area (Å²) in [6.45, 7) is 8.57. The van der Waals surface area contributed by atoms with Crippen molar-refractivity contribution in [1.82, 2.24) is 19.8 Å². The predicted octanol–water partition coefficient (Wildman–Crippen LogP) is 2.52. The van der Waals surface area contributed by atoms with Gasteiger partial charge in [0.2, 0.25) is 5.88 Å². The summed E-state index contributed by atoms with van der Waals surface area (Å²) in [6.07, 6.45) is 11.5. The minimum Gasteiger partial charge on any atom is -0.472 e. The lowest BCUT2D eigenvalue weighted by molar-refractivity contribution is 0.0782. The first kappa shape index (κ1) is 17.9. The summed E-state index contributed by atoms with van der Waals surface area (Å²) in [5, 5.41) is 0. The highest BCUT2D eigenvalue weighted by molar-refractivity contribution is 5.92. The highest BCUT2D eigenvalue weighted by Crippen LogP contribution is 2.17. The second-order valence-corrected chi connectivity index (χ2v) is 6.86. The molecule has 0 unspecified atom stereocenters. The zero-order valence-corrected chi connectivity index (χ0v) is 14.9. The normalized spacial score (nSPS) is 19.1. The van der Waals surface area contributed by atoms with Crippen LogP contribution in [0.25, 0.3) is 0 Å². The number of rotatable bonds is 8. The zero-order valence-electron chi connectivity index (χ0n) is 14.9. The van der Waals surface area contributed by atoms with Gasteiger partial charge in [-0.05, 0) is 51.6 Å². The van der Waals surface area contributed by atoms with E-state index < -0.39 is 0 Å². The van der Waals surface area contributed by atoms with Crippen LogP contribution in [0.15, 0.2) is 25.0 Å². The molecule has 1 aromatic heterocycles. The van der Waals surface area contributed by atoms with Gasteiger partial charge < -0.3 is 9.64 Å². The average molecular weight is 344 g/mol. The fourth-order valence-corrected chi connectivity index (χ4v) is 3.51. The smallest absolute Gasteiger partial charge is 0.274 e. The van der Waals surface area contributed by atoms with Crippen LogP contribution in [0.5, 0.6) is 5.88 Å². The molecular weight excluding hydrogens is 316 g/mol. The Balaban J connectivity index is 1.64. The Labute approximate surface area is 149 Å². The van der Waals surface area contributed by atoms with Crippen molar-refractivity contribution in [3.63, 3.8) is 0 Å². The van der Waals surface area contributed by atoms with E-state index in [0.717, 1.165) is 58.4 Å². The number of aromatic nitrogens is 2. The van der Waals surface area contributed by atoms with Gasteiger partial charge in [0.05, 0.1) is 12.4 Å². The predicted molar refractivity (Wildman–Crippen MR) is 96.7 cm³/mol. The van der Waals surface area contributed by atoms with E-state index in [9.17, 15) is 4.79 Å². The number of amides is 1. The fraction of sp³-hybridized carbons (Fsp3) is 0.632. The molecular formula is C19H28N4O2. The van der Waals surface area contributed by atoms with Crippen LogP contribution in [0.2, 0.25) is 0 Å². The van der Waals surface area contributed by atoms with Crippen molar-refractivity contribution in [3.8, 4) is 5.88 Å². The van der Waals surface area contributed by atoms with Gasteiger partial charge in [-0.25, -0.2) is 4.98 Å². The lowest BCUT2D eigenvalue weighted by Crippen LogP contribution is -2.34. The maximum Gasteiger partial charge on any atom is 0.274 e.